The number of rotatable bonds is 4. The molecule has 18 heavy (non-hydrogen) atoms. The number of aliphatic hydroxyl groups is 1. The fraction of sp³-hybridized carbons (Fsp3) is 0.700. The summed E-state index contributed by atoms with van der Waals surface area (Å²) in [6, 6.07) is 0. The molecule has 1 saturated heterocycles. The second kappa shape index (κ2) is 5.12. The molecule has 0 aromatic carbocycles. The molecular formula is C10H17N3O3S2. The number of thiazole rings is 1. The van der Waals surface area contributed by atoms with Gasteiger partial charge in [0.15, 0.2) is 5.13 Å². The average molecular weight is 291 g/mol. The zero-order valence-corrected chi connectivity index (χ0v) is 12.0. The molecule has 102 valence electrons. The summed E-state index contributed by atoms with van der Waals surface area (Å²) in [7, 11) is -0.259. The Morgan fingerprint density at radius 2 is 2.28 bits per heavy atom. The van der Waals surface area contributed by atoms with Crippen LogP contribution in [0.5, 0.6) is 0 Å². The Morgan fingerprint density at radius 3 is 2.83 bits per heavy atom. The van der Waals surface area contributed by atoms with E-state index in [-0.39, 0.29) is 11.7 Å². The summed E-state index contributed by atoms with van der Waals surface area (Å²) in [4.78, 5) is 6.11. The molecule has 8 heteroatoms. The standard InChI is InChI=1S/C10H17N3O3S2/c1-12(2)18(15,16)7-8-5-13(6-9(8)14)10-11-3-4-17-10/h3-4,8-9,14H,5-7H2,1-2H3/t8-,9-/m0/s1. The Morgan fingerprint density at radius 1 is 1.56 bits per heavy atom. The van der Waals surface area contributed by atoms with Gasteiger partial charge in [-0.25, -0.2) is 17.7 Å². The van der Waals surface area contributed by atoms with Crippen LogP contribution >= 0.6 is 11.3 Å². The first-order valence-electron chi connectivity index (χ1n) is 5.63. The zero-order chi connectivity index (χ0) is 13.3. The molecule has 2 atom stereocenters. The van der Waals surface area contributed by atoms with Crippen LogP contribution in [0.3, 0.4) is 0 Å². The number of nitrogens with zero attached hydrogens (tertiary/aromatic N) is 3. The van der Waals surface area contributed by atoms with Crippen LogP contribution in [0.2, 0.25) is 0 Å². The van der Waals surface area contributed by atoms with Crippen LogP contribution in [0.15, 0.2) is 11.6 Å². The van der Waals surface area contributed by atoms with Gasteiger partial charge >= 0.3 is 0 Å². The van der Waals surface area contributed by atoms with E-state index in [1.165, 1.54) is 29.7 Å². The van der Waals surface area contributed by atoms with Crippen LogP contribution in [0, 0.1) is 5.92 Å². The smallest absolute Gasteiger partial charge is 0.214 e. The molecule has 1 aliphatic heterocycles. The molecule has 1 N–H and O–H groups in total. The second-order valence-corrected chi connectivity index (χ2v) is 7.71. The molecule has 1 aromatic rings. The molecule has 2 heterocycles. The van der Waals surface area contributed by atoms with Gasteiger partial charge in [-0.05, 0) is 0 Å². The number of anilines is 1. The lowest BCUT2D eigenvalue weighted by Crippen LogP contribution is -2.33. The Labute approximate surface area is 111 Å². The van der Waals surface area contributed by atoms with Crippen molar-refractivity contribution in [2.75, 3.05) is 37.8 Å². The molecule has 1 fully saturated rings. The normalized spacial score (nSPS) is 25.0. The third kappa shape index (κ3) is 2.82. The third-order valence-corrected chi connectivity index (χ3v) is 5.87. The van der Waals surface area contributed by atoms with Crippen molar-refractivity contribution in [3.63, 3.8) is 0 Å². The summed E-state index contributed by atoms with van der Waals surface area (Å²) < 4.78 is 24.8. The fourth-order valence-corrected chi connectivity index (χ4v) is 3.80. The summed E-state index contributed by atoms with van der Waals surface area (Å²) >= 11 is 1.49. The van der Waals surface area contributed by atoms with E-state index in [9.17, 15) is 13.5 Å². The van der Waals surface area contributed by atoms with Crippen molar-refractivity contribution >= 4 is 26.5 Å². The van der Waals surface area contributed by atoms with Crippen molar-refractivity contribution in [1.29, 1.82) is 0 Å². The van der Waals surface area contributed by atoms with Gasteiger partial charge in [-0.1, -0.05) is 0 Å². The number of sulfonamides is 1. The average Bonchev–Trinajstić information content (AvgIpc) is 2.88. The van der Waals surface area contributed by atoms with E-state index in [0.29, 0.717) is 13.1 Å². The number of aliphatic hydroxyl groups excluding tert-OH is 1. The maximum atomic E-state index is 11.8. The molecule has 0 amide bonds. The van der Waals surface area contributed by atoms with E-state index in [1.807, 2.05) is 10.3 Å². The highest BCUT2D eigenvalue weighted by atomic mass is 32.2. The molecule has 0 unspecified atom stereocenters. The van der Waals surface area contributed by atoms with E-state index in [4.69, 9.17) is 0 Å². The van der Waals surface area contributed by atoms with Crippen molar-refractivity contribution in [2.45, 2.75) is 6.10 Å². The Hall–Kier alpha value is -0.700. The largest absolute Gasteiger partial charge is 0.391 e. The summed E-state index contributed by atoms with van der Waals surface area (Å²) in [5, 5.41) is 12.7. The van der Waals surface area contributed by atoms with Crippen molar-refractivity contribution in [1.82, 2.24) is 9.29 Å². The van der Waals surface area contributed by atoms with E-state index in [1.54, 1.807) is 6.20 Å². The number of β-amino-alcohol motifs (C(OH)–C–C–N with tert-alkyl or cyclic N) is 1. The molecule has 0 bridgehead atoms. The first-order valence-corrected chi connectivity index (χ1v) is 8.12. The van der Waals surface area contributed by atoms with Gasteiger partial charge in [-0.2, -0.15) is 0 Å². The zero-order valence-electron chi connectivity index (χ0n) is 10.4. The Balaban J connectivity index is 2.04. The fourth-order valence-electron chi connectivity index (χ4n) is 1.97. The number of hydrogen-bond acceptors (Lipinski definition) is 6. The van der Waals surface area contributed by atoms with Crippen molar-refractivity contribution < 1.29 is 13.5 Å². The van der Waals surface area contributed by atoms with Gasteiger partial charge in [0, 0.05) is 44.7 Å². The maximum Gasteiger partial charge on any atom is 0.214 e. The highest BCUT2D eigenvalue weighted by Gasteiger charge is 2.36. The maximum absolute atomic E-state index is 11.8. The van der Waals surface area contributed by atoms with Gasteiger partial charge in [0.1, 0.15) is 0 Å². The molecule has 1 aromatic heterocycles. The van der Waals surface area contributed by atoms with E-state index < -0.39 is 16.1 Å². The Bertz CT molecular complexity index is 486. The van der Waals surface area contributed by atoms with Crippen molar-refractivity contribution in [3.8, 4) is 0 Å². The lowest BCUT2D eigenvalue weighted by Gasteiger charge is -2.17. The van der Waals surface area contributed by atoms with Crippen LogP contribution in [-0.2, 0) is 10.0 Å². The van der Waals surface area contributed by atoms with Crippen molar-refractivity contribution in [3.05, 3.63) is 11.6 Å². The summed E-state index contributed by atoms with van der Waals surface area (Å²) in [6.07, 6.45) is 1.08. The quantitative estimate of drug-likeness (QED) is 0.834. The van der Waals surface area contributed by atoms with Crippen LogP contribution in [-0.4, -0.2) is 61.9 Å². The lowest BCUT2D eigenvalue weighted by atomic mass is 10.1. The predicted octanol–water partition coefficient (Wildman–Crippen LogP) is -0.168. The summed E-state index contributed by atoms with van der Waals surface area (Å²) in [5.74, 6) is -0.287. The van der Waals surface area contributed by atoms with Crippen LogP contribution in [0.4, 0.5) is 5.13 Å². The van der Waals surface area contributed by atoms with Gasteiger partial charge in [0.05, 0.1) is 11.9 Å². The minimum Gasteiger partial charge on any atom is -0.391 e. The first kappa shape index (κ1) is 13.7. The lowest BCUT2D eigenvalue weighted by molar-refractivity contribution is 0.157. The van der Waals surface area contributed by atoms with Gasteiger partial charge in [0.25, 0.3) is 0 Å². The van der Waals surface area contributed by atoms with Gasteiger partial charge < -0.3 is 10.0 Å². The molecule has 0 aliphatic carbocycles. The highest BCUT2D eigenvalue weighted by Crippen LogP contribution is 2.26. The number of aromatic nitrogens is 1. The molecule has 0 spiro atoms. The molecule has 2 rings (SSSR count). The van der Waals surface area contributed by atoms with Crippen molar-refractivity contribution in [2.24, 2.45) is 5.92 Å². The van der Waals surface area contributed by atoms with Crippen LogP contribution in [0.1, 0.15) is 0 Å². The van der Waals surface area contributed by atoms with Crippen LogP contribution in [0.25, 0.3) is 0 Å². The summed E-state index contributed by atoms with van der Waals surface area (Å²) in [6.45, 7) is 0.975. The second-order valence-electron chi connectivity index (χ2n) is 4.61. The topological polar surface area (TPSA) is 73.7 Å². The predicted molar refractivity (Wildman–Crippen MR) is 71.3 cm³/mol. The molecular weight excluding hydrogens is 274 g/mol. The molecule has 6 nitrogen and oxygen atoms in total. The first-order chi connectivity index (χ1) is 8.40. The highest BCUT2D eigenvalue weighted by molar-refractivity contribution is 7.89. The number of hydrogen-bond donors (Lipinski definition) is 1. The molecule has 0 saturated carbocycles. The minimum atomic E-state index is -3.28. The van der Waals surface area contributed by atoms with Gasteiger partial charge in [-0.3, -0.25) is 0 Å². The third-order valence-electron chi connectivity index (χ3n) is 3.08. The van der Waals surface area contributed by atoms with Gasteiger partial charge in [-0.15, -0.1) is 11.3 Å². The Kier molecular flexibility index (Phi) is 3.90. The minimum absolute atomic E-state index is 0.0248. The monoisotopic (exact) mass is 291 g/mol. The molecule has 1 aliphatic rings. The van der Waals surface area contributed by atoms with Crippen LogP contribution < -0.4 is 4.90 Å². The van der Waals surface area contributed by atoms with E-state index >= 15 is 0 Å². The van der Waals surface area contributed by atoms with Gasteiger partial charge in [0.2, 0.25) is 10.0 Å². The SMILES string of the molecule is CN(C)S(=O)(=O)C[C@@H]1CN(c2nccs2)C[C@@H]1O. The summed E-state index contributed by atoms with van der Waals surface area (Å²) in [5.41, 5.74) is 0. The van der Waals surface area contributed by atoms with E-state index in [0.717, 1.165) is 5.13 Å². The van der Waals surface area contributed by atoms with E-state index in [2.05, 4.69) is 4.98 Å². The molecule has 0 radical (unpaired) electrons.